The topological polar surface area (TPSA) is 141 Å². The van der Waals surface area contributed by atoms with Crippen LogP contribution in [0.2, 0.25) is 0 Å². The van der Waals surface area contributed by atoms with Crippen molar-refractivity contribution in [3.8, 4) is 51.7 Å². The summed E-state index contributed by atoms with van der Waals surface area (Å²) in [6, 6.07) is 44.8. The fourth-order valence-electron chi connectivity index (χ4n) is 7.12. The van der Waals surface area contributed by atoms with E-state index in [0.717, 1.165) is 51.3 Å². The average molecular weight is 794 g/mol. The van der Waals surface area contributed by atoms with Gasteiger partial charge >= 0.3 is 0 Å². The molecule has 7 rings (SSSR count). The van der Waals surface area contributed by atoms with E-state index in [4.69, 9.17) is 18.9 Å². The Hall–Kier alpha value is -7.30. The Balaban J connectivity index is 0.000000204. The molecule has 7 aromatic carbocycles. The van der Waals surface area contributed by atoms with Crippen LogP contribution in [0, 0.1) is 6.92 Å². The quantitative estimate of drug-likeness (QED) is 0.0890. The van der Waals surface area contributed by atoms with E-state index >= 15 is 0 Å². The van der Waals surface area contributed by atoms with Crippen molar-refractivity contribution in [2.24, 2.45) is 0 Å². The van der Waals surface area contributed by atoms with Crippen LogP contribution < -0.4 is 28.5 Å². The highest BCUT2D eigenvalue weighted by molar-refractivity contribution is 5.82. The van der Waals surface area contributed by atoms with Crippen molar-refractivity contribution >= 4 is 22.7 Å². The van der Waals surface area contributed by atoms with Gasteiger partial charge in [0.05, 0.1) is 28.4 Å². The molecule has 302 valence electrons. The van der Waals surface area contributed by atoms with Gasteiger partial charge in [-0.1, -0.05) is 41.0 Å². The molecule has 0 fully saturated rings. The summed E-state index contributed by atoms with van der Waals surface area (Å²) in [6.07, 6.45) is 0.475. The first-order valence-corrected chi connectivity index (χ1v) is 18.8. The van der Waals surface area contributed by atoms with Crippen molar-refractivity contribution in [1.29, 1.82) is 0 Å². The second-order valence-electron chi connectivity index (χ2n) is 13.9. The fraction of sp³-hybridized carbons (Fsp3) is 0.143. The van der Waals surface area contributed by atoms with Crippen molar-refractivity contribution in [2.45, 2.75) is 19.8 Å². The molecular formula is C49H47NO9. The summed E-state index contributed by atoms with van der Waals surface area (Å²) in [5.74, 6) is 2.84. The first-order chi connectivity index (χ1) is 28.5. The molecule has 0 aromatic heterocycles. The highest BCUT2D eigenvalue weighted by atomic mass is 16.5. The summed E-state index contributed by atoms with van der Waals surface area (Å²) >= 11 is 0. The number of benzene rings is 7. The number of methoxy groups -OCH3 is 4. The number of nitrogens with zero attached hydrogens (tertiary/aromatic N) is 1. The van der Waals surface area contributed by atoms with Crippen molar-refractivity contribution in [1.82, 2.24) is 4.48 Å². The number of phenolic OH excluding ortho intramolecular Hbond substituents is 4. The lowest BCUT2D eigenvalue weighted by Crippen LogP contribution is -2.33. The van der Waals surface area contributed by atoms with Gasteiger partial charge in [0.15, 0.2) is 0 Å². The second kappa shape index (κ2) is 18.3. The van der Waals surface area contributed by atoms with Crippen molar-refractivity contribution < 1.29 is 44.5 Å². The lowest BCUT2D eigenvalue weighted by molar-refractivity contribution is -0.270. The minimum absolute atomic E-state index is 0.0404. The molecule has 0 bridgehead atoms. The number of ether oxygens (including phenoxy) is 4. The molecule has 10 nitrogen and oxygen atoms in total. The normalized spacial score (nSPS) is 10.9. The highest BCUT2D eigenvalue weighted by Crippen LogP contribution is 2.52. The number of hydrogen-bond donors (Lipinski definition) is 4. The van der Waals surface area contributed by atoms with E-state index in [2.05, 4.69) is 48.5 Å². The first kappa shape index (κ1) is 41.3. The number of hydrogen-bond acceptors (Lipinski definition) is 9. The predicted octanol–water partition coefficient (Wildman–Crippen LogP) is 10.1. The molecule has 0 unspecified atom stereocenters. The molecule has 0 heterocycles. The molecule has 4 N–H and O–H groups in total. The first-order valence-electron chi connectivity index (χ1n) is 18.8. The number of aryl methyl sites for hydroxylation is 1. The molecule has 0 aliphatic heterocycles. The number of aromatic hydroxyl groups is 4. The number of quaternary nitrogens is 1. The maximum Gasteiger partial charge on any atom is 0.148 e. The van der Waals surface area contributed by atoms with Gasteiger partial charge in [0.1, 0.15) is 68.7 Å². The van der Waals surface area contributed by atoms with E-state index in [9.17, 15) is 25.5 Å². The zero-order chi connectivity index (χ0) is 42.1. The molecule has 0 spiro atoms. The third kappa shape index (κ3) is 9.14. The predicted molar refractivity (Wildman–Crippen MR) is 229 cm³/mol. The van der Waals surface area contributed by atoms with Crippen LogP contribution in [0.3, 0.4) is 0 Å². The van der Waals surface area contributed by atoms with Gasteiger partial charge < -0.3 is 44.5 Å². The largest absolute Gasteiger partial charge is 0.872 e. The Morgan fingerprint density at radius 2 is 0.695 bits per heavy atom. The third-order valence-corrected chi connectivity index (χ3v) is 10.1. The van der Waals surface area contributed by atoms with Gasteiger partial charge in [-0.2, -0.15) is 4.48 Å². The van der Waals surface area contributed by atoms with Gasteiger partial charge in [-0.25, -0.2) is 0 Å². The SMILES string of the molecule is COc1ccc([N+](c2ccc(OC)cc2)(c2ccc(OC)cc2)c2ccc(OC)cc2)cc1.Cc1cc(Cc2ccc(O)cc2O)c([O-])c(Cc2ccc(O)cc2O)c1. The van der Waals surface area contributed by atoms with Gasteiger partial charge in [-0.15, -0.1) is 5.75 Å². The maximum atomic E-state index is 12.8. The third-order valence-electron chi connectivity index (χ3n) is 10.1. The Morgan fingerprint density at radius 3 is 0.949 bits per heavy atom. The standard InChI is InChI=1S/C28H28NO4.C21H20O5/c1-30-25-13-5-21(6-14-25)29(22-7-15-26(31-2)16-8-22,23-9-17-27(32-3)18-10-23)24-11-19-28(33-4)20-12-24;1-12-6-15(8-13-2-4-17(22)10-19(13)24)21(26)16(7-12)9-14-3-5-18(23)11-20(14)25/h5-20H,1-4H3;2-7,10-11,22-26H,8-9H2,1H3/q+1;/p-1. The van der Waals surface area contributed by atoms with E-state index in [0.29, 0.717) is 26.7 Å². The monoisotopic (exact) mass is 793 g/mol. The van der Waals surface area contributed by atoms with E-state index in [1.54, 1.807) is 52.7 Å². The van der Waals surface area contributed by atoms with Crippen molar-refractivity contribution in [3.63, 3.8) is 0 Å². The van der Waals surface area contributed by atoms with Crippen LogP contribution in [0.15, 0.2) is 146 Å². The van der Waals surface area contributed by atoms with Gasteiger partial charge in [-0.3, -0.25) is 0 Å². The van der Waals surface area contributed by atoms with Crippen LogP contribution in [-0.4, -0.2) is 48.9 Å². The zero-order valence-corrected chi connectivity index (χ0v) is 33.5. The van der Waals surface area contributed by atoms with Crippen molar-refractivity contribution in [2.75, 3.05) is 28.4 Å². The van der Waals surface area contributed by atoms with E-state index in [1.165, 1.54) is 24.3 Å². The summed E-state index contributed by atoms with van der Waals surface area (Å²) in [5, 5.41) is 51.5. The zero-order valence-electron chi connectivity index (χ0n) is 33.5. The summed E-state index contributed by atoms with van der Waals surface area (Å²) in [5.41, 5.74) is 7.25. The molecule has 0 radical (unpaired) electrons. The molecule has 0 aliphatic carbocycles. The maximum absolute atomic E-state index is 12.8. The molecule has 0 saturated heterocycles. The lowest BCUT2D eigenvalue weighted by Gasteiger charge is -2.37. The molecule has 0 atom stereocenters. The van der Waals surface area contributed by atoms with E-state index in [-0.39, 0.29) is 41.6 Å². The molecule has 0 saturated carbocycles. The summed E-state index contributed by atoms with van der Waals surface area (Å²) in [4.78, 5) is 0. The second-order valence-corrected chi connectivity index (χ2v) is 13.9. The lowest BCUT2D eigenvalue weighted by atomic mass is 9.95. The van der Waals surface area contributed by atoms with Crippen LogP contribution >= 0.6 is 0 Å². The van der Waals surface area contributed by atoms with Crippen LogP contribution in [0.5, 0.6) is 51.7 Å². The molecular weight excluding hydrogens is 747 g/mol. The molecule has 59 heavy (non-hydrogen) atoms. The van der Waals surface area contributed by atoms with Gasteiger partial charge in [0, 0.05) is 73.5 Å². The molecule has 0 amide bonds. The smallest absolute Gasteiger partial charge is 0.148 e. The van der Waals surface area contributed by atoms with Gasteiger partial charge in [0.25, 0.3) is 0 Å². The summed E-state index contributed by atoms with van der Waals surface area (Å²) in [7, 11) is 6.70. The minimum Gasteiger partial charge on any atom is -0.872 e. The highest BCUT2D eigenvalue weighted by Gasteiger charge is 2.39. The Morgan fingerprint density at radius 1 is 0.407 bits per heavy atom. The minimum atomic E-state index is -0.157. The van der Waals surface area contributed by atoms with E-state index < -0.39 is 0 Å². The van der Waals surface area contributed by atoms with E-state index in [1.807, 2.05) is 55.5 Å². The van der Waals surface area contributed by atoms with Gasteiger partial charge in [0.2, 0.25) is 0 Å². The van der Waals surface area contributed by atoms with Crippen LogP contribution in [0.4, 0.5) is 22.7 Å². The van der Waals surface area contributed by atoms with Crippen LogP contribution in [0.1, 0.15) is 27.8 Å². The fourth-order valence-corrected chi connectivity index (χ4v) is 7.12. The number of phenols is 4. The Kier molecular flexibility index (Phi) is 12.8. The average Bonchev–Trinajstić information content (AvgIpc) is 3.25. The Bertz CT molecular complexity index is 2210. The Labute approximate surface area is 344 Å². The molecule has 0 aliphatic rings. The summed E-state index contributed by atoms with van der Waals surface area (Å²) in [6.45, 7) is 1.87. The molecule has 10 heteroatoms. The molecule has 7 aromatic rings. The number of rotatable bonds is 12. The van der Waals surface area contributed by atoms with Gasteiger partial charge in [-0.05, 0) is 78.7 Å². The van der Waals surface area contributed by atoms with Crippen LogP contribution in [-0.2, 0) is 12.8 Å². The summed E-state index contributed by atoms with van der Waals surface area (Å²) < 4.78 is 22.1. The van der Waals surface area contributed by atoms with Crippen molar-refractivity contribution in [3.05, 3.63) is 173 Å². The van der Waals surface area contributed by atoms with Crippen LogP contribution in [0.25, 0.3) is 0 Å².